The molecular formula is C28H28AsI. The molecule has 0 aliphatic carbocycles. The van der Waals surface area contributed by atoms with Crippen LogP contribution >= 0.6 is 20.1 Å². The van der Waals surface area contributed by atoms with Crippen molar-refractivity contribution in [1.82, 2.24) is 0 Å². The fourth-order valence-electron chi connectivity index (χ4n) is 4.92. The number of rotatable bonds is 4. The van der Waals surface area contributed by atoms with E-state index in [-0.39, 0.29) is 0 Å². The molecule has 0 amide bonds. The van der Waals surface area contributed by atoms with E-state index in [1.165, 1.54) is 39.7 Å². The molecule has 0 bridgehead atoms. The van der Waals surface area contributed by atoms with Crippen molar-refractivity contribution in [3.63, 3.8) is 0 Å². The van der Waals surface area contributed by atoms with Crippen LogP contribution in [-0.2, 0) is 0 Å². The number of benzene rings is 4. The molecule has 0 unspecified atom stereocenters. The minimum atomic E-state index is -3.82. The molecule has 0 N–H and O–H groups in total. The van der Waals surface area contributed by atoms with Crippen molar-refractivity contribution in [1.29, 1.82) is 0 Å². The van der Waals surface area contributed by atoms with Crippen molar-refractivity contribution in [2.24, 2.45) is 0 Å². The summed E-state index contributed by atoms with van der Waals surface area (Å²) in [6.45, 7) is 9.12. The Bertz CT molecular complexity index is 1030. The van der Waals surface area contributed by atoms with Crippen LogP contribution in [0.4, 0.5) is 0 Å². The van der Waals surface area contributed by atoms with E-state index in [1.807, 2.05) is 0 Å². The van der Waals surface area contributed by atoms with Gasteiger partial charge in [0.25, 0.3) is 0 Å². The third-order valence-corrected chi connectivity index (χ3v) is 28.9. The van der Waals surface area contributed by atoms with Crippen molar-refractivity contribution in [2.45, 2.75) is 27.7 Å². The van der Waals surface area contributed by atoms with Gasteiger partial charge in [-0.25, -0.2) is 0 Å². The van der Waals surface area contributed by atoms with Crippen molar-refractivity contribution >= 4 is 46.6 Å². The van der Waals surface area contributed by atoms with Gasteiger partial charge in [0.1, 0.15) is 0 Å². The summed E-state index contributed by atoms with van der Waals surface area (Å²) in [6.07, 6.45) is 0. The molecule has 30 heavy (non-hydrogen) atoms. The van der Waals surface area contributed by atoms with E-state index in [0.29, 0.717) is 0 Å². The molecule has 0 aromatic heterocycles. The predicted octanol–water partition coefficient (Wildman–Crippen LogP) is 5.18. The molecule has 0 aliphatic rings. The van der Waals surface area contributed by atoms with Gasteiger partial charge in [0.05, 0.1) is 0 Å². The van der Waals surface area contributed by atoms with Crippen LogP contribution in [0.15, 0.2) is 97.1 Å². The topological polar surface area (TPSA) is 0 Å². The second-order valence-electron chi connectivity index (χ2n) is 8.15. The third kappa shape index (κ3) is 3.01. The molecule has 0 saturated heterocycles. The molecule has 0 fully saturated rings. The molecule has 2 heteroatoms. The van der Waals surface area contributed by atoms with Crippen LogP contribution in [0, 0.1) is 27.7 Å². The summed E-state index contributed by atoms with van der Waals surface area (Å²) in [5.74, 6) is 0. The molecule has 0 atom stereocenters. The van der Waals surface area contributed by atoms with Crippen LogP contribution in [-0.4, -0.2) is 9.10 Å². The van der Waals surface area contributed by atoms with Gasteiger partial charge in [0.2, 0.25) is 0 Å². The monoisotopic (exact) mass is 566 g/mol. The SMILES string of the molecule is Cc1ccccc1[As](I)(c1ccccc1C)(c1ccccc1C)c1ccccc1C. The maximum atomic E-state index is 2.95. The summed E-state index contributed by atoms with van der Waals surface area (Å²) < 4.78 is 5.98. The molecule has 4 rings (SSSR count). The Morgan fingerprint density at radius 1 is 0.400 bits per heavy atom. The third-order valence-electron chi connectivity index (χ3n) is 6.27. The molecular weight excluding hydrogens is 538 g/mol. The normalized spacial score (nSPS) is 12.9. The van der Waals surface area contributed by atoms with Gasteiger partial charge in [-0.15, -0.1) is 0 Å². The molecule has 0 heterocycles. The van der Waals surface area contributed by atoms with Crippen LogP contribution in [0.25, 0.3) is 0 Å². The van der Waals surface area contributed by atoms with Crippen molar-refractivity contribution in [2.75, 3.05) is 0 Å². The van der Waals surface area contributed by atoms with Gasteiger partial charge in [-0.05, 0) is 0 Å². The Labute approximate surface area is 192 Å². The predicted molar refractivity (Wildman–Crippen MR) is 143 cm³/mol. The molecule has 4 aromatic carbocycles. The van der Waals surface area contributed by atoms with Crippen molar-refractivity contribution < 1.29 is 0 Å². The summed E-state index contributed by atoms with van der Waals surface area (Å²) in [5.41, 5.74) is 5.47. The van der Waals surface area contributed by atoms with Crippen LogP contribution in [0.1, 0.15) is 22.3 Å². The number of hydrogen-bond acceptors (Lipinski definition) is 0. The number of aryl methyl sites for hydroxylation is 4. The van der Waals surface area contributed by atoms with E-state index in [2.05, 4.69) is 145 Å². The zero-order chi connectivity index (χ0) is 21.4. The quantitative estimate of drug-likeness (QED) is 0.236. The summed E-state index contributed by atoms with van der Waals surface area (Å²) in [6, 6.07) is 36.2. The molecule has 0 nitrogen and oxygen atoms in total. The van der Waals surface area contributed by atoms with Crippen molar-refractivity contribution in [3.05, 3.63) is 119 Å². The fourth-order valence-corrected chi connectivity index (χ4v) is 28.7. The van der Waals surface area contributed by atoms with E-state index < -0.39 is 9.10 Å². The average Bonchev–Trinajstić information content (AvgIpc) is 2.75. The first-order chi connectivity index (χ1) is 14.4. The zero-order valence-corrected chi connectivity index (χ0v) is 22.1. The zero-order valence-electron chi connectivity index (χ0n) is 18.1. The van der Waals surface area contributed by atoms with Gasteiger partial charge in [-0.1, -0.05) is 0 Å². The van der Waals surface area contributed by atoms with Gasteiger partial charge in [0.15, 0.2) is 0 Å². The summed E-state index contributed by atoms with van der Waals surface area (Å²) in [7, 11) is -3.82. The minimum absolute atomic E-state index is 1.37. The van der Waals surface area contributed by atoms with Crippen LogP contribution in [0.3, 0.4) is 0 Å². The molecule has 152 valence electrons. The van der Waals surface area contributed by atoms with Crippen LogP contribution in [0.2, 0.25) is 0 Å². The van der Waals surface area contributed by atoms with Gasteiger partial charge in [-0.3, -0.25) is 0 Å². The standard InChI is InChI=1S/C28H28AsI/c1-21-13-5-9-17-25(21)29(30,26-18-10-6-14-22(26)2,27-19-11-7-15-23(27)3)28-20-12-8-16-24(28)4/h5-20H,1-4H3. The van der Waals surface area contributed by atoms with Gasteiger partial charge >= 0.3 is 194 Å². The molecule has 4 aromatic rings. The Balaban J connectivity index is 2.37. The second-order valence-corrected chi connectivity index (χ2v) is 26.5. The Morgan fingerprint density at radius 2 is 0.600 bits per heavy atom. The Kier molecular flexibility index (Phi) is 5.72. The molecule has 0 aliphatic heterocycles. The fraction of sp³-hybridized carbons (Fsp3) is 0.143. The van der Waals surface area contributed by atoms with E-state index in [0.717, 1.165) is 0 Å². The second kappa shape index (κ2) is 8.02. The van der Waals surface area contributed by atoms with Gasteiger partial charge in [0, 0.05) is 0 Å². The Hall–Kier alpha value is -1.83. The number of hydrogen-bond donors (Lipinski definition) is 0. The first-order valence-corrected chi connectivity index (χ1v) is 19.8. The maximum absolute atomic E-state index is 3.82. The average molecular weight is 566 g/mol. The Morgan fingerprint density at radius 3 is 0.800 bits per heavy atom. The van der Waals surface area contributed by atoms with E-state index in [1.54, 1.807) is 0 Å². The van der Waals surface area contributed by atoms with E-state index in [9.17, 15) is 0 Å². The van der Waals surface area contributed by atoms with Crippen LogP contribution < -0.4 is 17.4 Å². The van der Waals surface area contributed by atoms with Gasteiger partial charge < -0.3 is 0 Å². The summed E-state index contributed by atoms with van der Waals surface area (Å²) in [4.78, 5) is 0. The summed E-state index contributed by atoms with van der Waals surface area (Å²) >= 11 is 2.95. The van der Waals surface area contributed by atoms with E-state index >= 15 is 0 Å². The first-order valence-electron chi connectivity index (χ1n) is 10.4. The van der Waals surface area contributed by atoms with Gasteiger partial charge in [-0.2, -0.15) is 0 Å². The molecule has 0 spiro atoms. The molecule has 0 saturated carbocycles. The van der Waals surface area contributed by atoms with Crippen LogP contribution in [0.5, 0.6) is 0 Å². The first kappa shape index (κ1) is 21.4. The van der Waals surface area contributed by atoms with Crippen molar-refractivity contribution in [3.8, 4) is 0 Å². The summed E-state index contributed by atoms with van der Waals surface area (Å²) in [5, 5.41) is 0. The van der Waals surface area contributed by atoms with E-state index in [4.69, 9.17) is 0 Å². The number of halogens is 1. The molecule has 0 radical (unpaired) electrons.